The summed E-state index contributed by atoms with van der Waals surface area (Å²) >= 11 is 3.31. The van der Waals surface area contributed by atoms with Crippen LogP contribution in [0.1, 0.15) is 37.7 Å². The molecule has 0 spiro atoms. The average Bonchev–Trinajstić information content (AvgIpc) is 2.74. The molecule has 0 atom stereocenters. The van der Waals surface area contributed by atoms with Gasteiger partial charge in [0.2, 0.25) is 5.91 Å². The summed E-state index contributed by atoms with van der Waals surface area (Å²) in [6.07, 6.45) is 5.93. The molecule has 1 aliphatic carbocycles. The second-order valence-electron chi connectivity index (χ2n) is 6.97. The van der Waals surface area contributed by atoms with Crippen LogP contribution < -0.4 is 4.90 Å². The lowest BCUT2D eigenvalue weighted by molar-refractivity contribution is -0.116. The first kappa shape index (κ1) is 18.6. The Morgan fingerprint density at radius 2 is 1.78 bits per heavy atom. The van der Waals surface area contributed by atoms with E-state index < -0.39 is 0 Å². The first-order chi connectivity index (χ1) is 13.3. The summed E-state index contributed by atoms with van der Waals surface area (Å²) in [6, 6.07) is 18.7. The zero-order valence-electron chi connectivity index (χ0n) is 15.3. The average molecular weight is 397 g/mol. The largest absolute Gasteiger partial charge is 0.309 e. The van der Waals surface area contributed by atoms with E-state index in [9.17, 15) is 4.79 Å². The number of fused-ring (bicyclic) bond motifs is 1. The Kier molecular flexibility index (Phi) is 6.20. The van der Waals surface area contributed by atoms with Crippen LogP contribution in [-0.2, 0) is 10.5 Å². The molecule has 5 heteroatoms. The van der Waals surface area contributed by atoms with Gasteiger partial charge in [-0.25, -0.2) is 4.99 Å². The Hall–Kier alpha value is -1.72. The summed E-state index contributed by atoms with van der Waals surface area (Å²) in [5.41, 5.74) is 3.34. The summed E-state index contributed by atoms with van der Waals surface area (Å²) < 4.78 is 0.999. The van der Waals surface area contributed by atoms with Crippen LogP contribution in [0.5, 0.6) is 0 Å². The van der Waals surface area contributed by atoms with Crippen LogP contribution in [0.25, 0.3) is 0 Å². The van der Waals surface area contributed by atoms with E-state index in [1.807, 2.05) is 29.2 Å². The van der Waals surface area contributed by atoms with Gasteiger partial charge in [0.1, 0.15) is 4.38 Å². The van der Waals surface area contributed by atoms with Gasteiger partial charge in [-0.1, -0.05) is 79.2 Å². The van der Waals surface area contributed by atoms with Gasteiger partial charge in [0.15, 0.2) is 0 Å². The number of aliphatic imine (C=N–C) groups is 1. The van der Waals surface area contributed by atoms with Crippen LogP contribution in [0.15, 0.2) is 59.6 Å². The fourth-order valence-corrected chi connectivity index (χ4v) is 5.69. The Labute approximate surface area is 169 Å². The van der Waals surface area contributed by atoms with E-state index in [1.54, 1.807) is 23.5 Å². The van der Waals surface area contributed by atoms with Gasteiger partial charge in [0.25, 0.3) is 0 Å². The highest BCUT2D eigenvalue weighted by Crippen LogP contribution is 2.35. The number of hydrogen-bond acceptors (Lipinski definition) is 4. The van der Waals surface area contributed by atoms with Gasteiger partial charge < -0.3 is 4.90 Å². The van der Waals surface area contributed by atoms with Crippen LogP contribution in [0.3, 0.4) is 0 Å². The molecule has 27 heavy (non-hydrogen) atoms. The minimum Gasteiger partial charge on any atom is -0.309 e. The van der Waals surface area contributed by atoms with E-state index in [0.717, 1.165) is 34.3 Å². The number of thioether (sulfide) groups is 2. The monoisotopic (exact) mass is 396 g/mol. The lowest BCUT2D eigenvalue weighted by Crippen LogP contribution is -2.42. The molecule has 0 N–H and O–H groups in total. The van der Waals surface area contributed by atoms with Crippen molar-refractivity contribution in [3.05, 3.63) is 60.2 Å². The van der Waals surface area contributed by atoms with Crippen molar-refractivity contribution in [2.24, 2.45) is 4.99 Å². The number of carbonyl (C=O) groups is 1. The molecular formula is C22H24N2OS2. The van der Waals surface area contributed by atoms with Gasteiger partial charge in [0, 0.05) is 17.5 Å². The Morgan fingerprint density at radius 1 is 1.04 bits per heavy atom. The minimum absolute atomic E-state index is 0.195. The lowest BCUT2D eigenvalue weighted by Gasteiger charge is -2.34. The number of benzene rings is 2. The van der Waals surface area contributed by atoms with Gasteiger partial charge in [-0.2, -0.15) is 0 Å². The van der Waals surface area contributed by atoms with E-state index in [0.29, 0.717) is 11.8 Å². The second-order valence-corrected chi connectivity index (χ2v) is 9.16. The van der Waals surface area contributed by atoms with Gasteiger partial charge in [-0.3, -0.25) is 4.79 Å². The number of anilines is 1. The maximum absolute atomic E-state index is 13.2. The smallest absolute Gasteiger partial charge is 0.237 e. The summed E-state index contributed by atoms with van der Waals surface area (Å²) in [4.78, 5) is 20.0. The minimum atomic E-state index is 0.195. The van der Waals surface area contributed by atoms with Crippen LogP contribution in [0.2, 0.25) is 0 Å². The molecule has 0 radical (unpaired) electrons. The normalized spacial score (nSPS) is 17.1. The molecule has 2 aromatic carbocycles. The van der Waals surface area contributed by atoms with Gasteiger partial charge in [-0.05, 0) is 36.6 Å². The van der Waals surface area contributed by atoms with Crippen molar-refractivity contribution in [2.75, 3.05) is 10.7 Å². The van der Waals surface area contributed by atoms with Crippen molar-refractivity contribution in [1.82, 2.24) is 0 Å². The molecule has 0 unspecified atom stereocenters. The zero-order chi connectivity index (χ0) is 18.5. The van der Waals surface area contributed by atoms with Crippen molar-refractivity contribution in [1.29, 1.82) is 0 Å². The first-order valence-electron chi connectivity index (χ1n) is 9.60. The molecule has 1 fully saturated rings. The molecule has 1 heterocycles. The molecule has 2 aliphatic rings. The van der Waals surface area contributed by atoms with Crippen LogP contribution >= 0.6 is 23.5 Å². The Bertz CT molecular complexity index is 816. The number of para-hydroxylation sites is 2. The Balaban J connectivity index is 1.47. The first-order valence-corrected chi connectivity index (χ1v) is 11.6. The molecule has 0 aromatic heterocycles. The predicted octanol–water partition coefficient (Wildman–Crippen LogP) is 6.02. The van der Waals surface area contributed by atoms with Crippen molar-refractivity contribution in [3.8, 4) is 0 Å². The third-order valence-corrected chi connectivity index (χ3v) is 7.35. The Morgan fingerprint density at radius 3 is 2.59 bits per heavy atom. The number of rotatable bonds is 4. The SMILES string of the molecule is O=C(CSC1=Nc2ccccc2CS1)N(c1ccccc1)C1CCCCC1. The van der Waals surface area contributed by atoms with E-state index in [2.05, 4.69) is 30.3 Å². The van der Waals surface area contributed by atoms with E-state index in [4.69, 9.17) is 4.99 Å². The summed E-state index contributed by atoms with van der Waals surface area (Å²) in [5, 5.41) is 0. The van der Waals surface area contributed by atoms with Crippen molar-refractivity contribution in [2.45, 2.75) is 43.9 Å². The third kappa shape index (κ3) is 4.58. The van der Waals surface area contributed by atoms with Crippen LogP contribution in [0, 0.1) is 0 Å². The second kappa shape index (κ2) is 8.98. The predicted molar refractivity (Wildman–Crippen MR) is 118 cm³/mol. The molecule has 0 saturated heterocycles. The van der Waals surface area contributed by atoms with Crippen molar-refractivity contribution in [3.63, 3.8) is 0 Å². The molecule has 0 bridgehead atoms. The molecule has 1 amide bonds. The van der Waals surface area contributed by atoms with E-state index in [1.165, 1.54) is 24.8 Å². The lowest BCUT2D eigenvalue weighted by atomic mass is 9.93. The van der Waals surface area contributed by atoms with E-state index in [-0.39, 0.29) is 5.91 Å². The van der Waals surface area contributed by atoms with Crippen molar-refractivity contribution < 1.29 is 4.79 Å². The number of hydrogen-bond donors (Lipinski definition) is 0. The molecule has 1 aliphatic heterocycles. The highest BCUT2D eigenvalue weighted by Gasteiger charge is 2.27. The topological polar surface area (TPSA) is 32.7 Å². The van der Waals surface area contributed by atoms with E-state index >= 15 is 0 Å². The van der Waals surface area contributed by atoms with Gasteiger partial charge in [0.05, 0.1) is 11.4 Å². The summed E-state index contributed by atoms with van der Waals surface area (Å²) in [7, 11) is 0. The zero-order valence-corrected chi connectivity index (χ0v) is 17.0. The molecule has 3 nitrogen and oxygen atoms in total. The summed E-state index contributed by atoms with van der Waals surface area (Å²) in [6.45, 7) is 0. The molecule has 4 rings (SSSR count). The standard InChI is InChI=1S/C22H24N2OS2/c25-21(16-27-22-23-20-14-8-7-9-17(20)15-26-22)24(18-10-3-1-4-11-18)19-12-5-2-6-13-19/h1,3-4,7-11,14,19H,2,5-6,12-13,15-16H2. The highest BCUT2D eigenvalue weighted by molar-refractivity contribution is 8.38. The number of carbonyl (C=O) groups excluding carboxylic acids is 1. The fraction of sp³-hybridized carbons (Fsp3) is 0.364. The summed E-state index contributed by atoms with van der Waals surface area (Å²) in [5.74, 6) is 1.57. The number of amides is 1. The molecule has 1 saturated carbocycles. The third-order valence-electron chi connectivity index (χ3n) is 5.12. The van der Waals surface area contributed by atoms with Crippen LogP contribution in [-0.4, -0.2) is 22.1 Å². The van der Waals surface area contributed by atoms with Crippen LogP contribution in [0.4, 0.5) is 11.4 Å². The molecule has 2 aromatic rings. The van der Waals surface area contributed by atoms with Gasteiger partial charge >= 0.3 is 0 Å². The van der Waals surface area contributed by atoms with Gasteiger partial charge in [-0.15, -0.1) is 0 Å². The highest BCUT2D eigenvalue weighted by atomic mass is 32.2. The quantitative estimate of drug-likeness (QED) is 0.633. The fourth-order valence-electron chi connectivity index (χ4n) is 3.77. The maximum atomic E-state index is 13.2. The molecular weight excluding hydrogens is 372 g/mol. The van der Waals surface area contributed by atoms with Crippen molar-refractivity contribution >= 4 is 45.2 Å². The maximum Gasteiger partial charge on any atom is 0.237 e. The number of nitrogens with zero attached hydrogens (tertiary/aromatic N) is 2. The molecule has 140 valence electrons.